The van der Waals surface area contributed by atoms with Gasteiger partial charge in [0.1, 0.15) is 0 Å². The number of para-hydroxylation sites is 1. The molecule has 0 aromatic heterocycles. The quantitative estimate of drug-likeness (QED) is 0.790. The Morgan fingerprint density at radius 3 is 2.84 bits per heavy atom. The second kappa shape index (κ2) is 8.30. The summed E-state index contributed by atoms with van der Waals surface area (Å²) in [5.74, 6) is 0.234. The van der Waals surface area contributed by atoms with Crippen LogP contribution in [0.5, 0.6) is 0 Å². The van der Waals surface area contributed by atoms with E-state index in [9.17, 15) is 4.79 Å². The van der Waals surface area contributed by atoms with Gasteiger partial charge in [0.15, 0.2) is 0 Å². The Labute approximate surface area is 151 Å². The molecule has 0 aliphatic carbocycles. The van der Waals surface area contributed by atoms with Gasteiger partial charge in [-0.1, -0.05) is 25.1 Å². The van der Waals surface area contributed by atoms with Crippen molar-refractivity contribution in [3.8, 4) is 0 Å². The van der Waals surface area contributed by atoms with Crippen molar-refractivity contribution < 1.29 is 9.53 Å². The molecule has 3 rings (SSSR count). The number of fused-ring (bicyclic) bond motifs is 1. The first-order valence-corrected chi connectivity index (χ1v) is 9.49. The number of nitrogens with zero attached hydrogens (tertiary/aromatic N) is 3. The molecule has 25 heavy (non-hydrogen) atoms. The zero-order chi connectivity index (χ0) is 17.8. The summed E-state index contributed by atoms with van der Waals surface area (Å²) in [4.78, 5) is 19.8. The molecule has 138 valence electrons. The van der Waals surface area contributed by atoms with Crippen molar-refractivity contribution in [3.05, 3.63) is 29.8 Å². The fourth-order valence-corrected chi connectivity index (χ4v) is 4.20. The third-order valence-electron chi connectivity index (χ3n) is 5.58. The molecule has 0 bridgehead atoms. The third-order valence-corrected chi connectivity index (χ3v) is 5.58. The SMILES string of the molecule is CC[C@@H]1CN(CC(=O)N2c3ccccc3C[C@H]2C)CCN1CCOC. The van der Waals surface area contributed by atoms with Gasteiger partial charge in [0.05, 0.1) is 13.2 Å². The van der Waals surface area contributed by atoms with E-state index in [0.29, 0.717) is 12.6 Å². The zero-order valence-corrected chi connectivity index (χ0v) is 15.8. The molecule has 0 radical (unpaired) electrons. The van der Waals surface area contributed by atoms with E-state index >= 15 is 0 Å². The molecular weight excluding hydrogens is 314 g/mol. The maximum Gasteiger partial charge on any atom is 0.241 e. The fraction of sp³-hybridized carbons (Fsp3) is 0.650. The van der Waals surface area contributed by atoms with Crippen LogP contribution in [-0.4, -0.2) is 74.2 Å². The normalized spacial score (nSPS) is 24.5. The summed E-state index contributed by atoms with van der Waals surface area (Å²) in [6, 6.07) is 9.08. The van der Waals surface area contributed by atoms with Gasteiger partial charge in [-0.3, -0.25) is 14.6 Å². The van der Waals surface area contributed by atoms with Gasteiger partial charge in [-0.05, 0) is 31.4 Å². The monoisotopic (exact) mass is 345 g/mol. The lowest BCUT2D eigenvalue weighted by atomic mass is 10.1. The Bertz CT molecular complexity index is 592. The molecule has 0 unspecified atom stereocenters. The summed E-state index contributed by atoms with van der Waals surface area (Å²) in [5, 5.41) is 0. The van der Waals surface area contributed by atoms with Gasteiger partial charge in [0.25, 0.3) is 0 Å². The number of rotatable bonds is 6. The van der Waals surface area contributed by atoms with E-state index in [1.165, 1.54) is 5.56 Å². The van der Waals surface area contributed by atoms with Gasteiger partial charge in [-0.2, -0.15) is 0 Å². The highest BCUT2D eigenvalue weighted by Crippen LogP contribution is 2.32. The lowest BCUT2D eigenvalue weighted by Gasteiger charge is -2.41. The maximum atomic E-state index is 13.0. The maximum absolute atomic E-state index is 13.0. The molecule has 0 spiro atoms. The minimum Gasteiger partial charge on any atom is -0.383 e. The molecule has 0 N–H and O–H groups in total. The van der Waals surface area contributed by atoms with Crippen LogP contribution in [0, 0.1) is 0 Å². The van der Waals surface area contributed by atoms with Crippen LogP contribution in [-0.2, 0) is 16.0 Å². The average Bonchev–Trinajstić information content (AvgIpc) is 2.96. The Balaban J connectivity index is 1.60. The predicted octanol–water partition coefficient (Wildman–Crippen LogP) is 2.01. The van der Waals surface area contributed by atoms with Gasteiger partial charge in [-0.15, -0.1) is 0 Å². The summed E-state index contributed by atoms with van der Waals surface area (Å²) < 4.78 is 5.23. The molecule has 1 amide bonds. The van der Waals surface area contributed by atoms with Gasteiger partial charge in [0, 0.05) is 51.1 Å². The van der Waals surface area contributed by atoms with E-state index in [0.717, 1.165) is 51.3 Å². The number of carbonyl (C=O) groups excluding carboxylic acids is 1. The standard InChI is InChI=1S/C20H31N3O2/c1-4-18-14-21(9-10-22(18)11-12-25-3)15-20(24)23-16(2)13-17-7-5-6-8-19(17)23/h5-8,16,18H,4,9-15H2,1-3H3/t16-,18-/m1/s1. The zero-order valence-electron chi connectivity index (χ0n) is 15.8. The number of ether oxygens (including phenoxy) is 1. The number of anilines is 1. The van der Waals surface area contributed by atoms with Crippen molar-refractivity contribution in [2.75, 3.05) is 51.3 Å². The van der Waals surface area contributed by atoms with Crippen LogP contribution in [0.1, 0.15) is 25.8 Å². The van der Waals surface area contributed by atoms with Crippen molar-refractivity contribution in [2.24, 2.45) is 0 Å². The summed E-state index contributed by atoms with van der Waals surface area (Å²) in [6.45, 7) is 9.59. The number of amides is 1. The second-order valence-electron chi connectivity index (χ2n) is 7.27. The fourth-order valence-electron chi connectivity index (χ4n) is 4.20. The second-order valence-corrected chi connectivity index (χ2v) is 7.27. The van der Waals surface area contributed by atoms with Crippen LogP contribution in [0.25, 0.3) is 0 Å². The molecule has 1 aromatic rings. The predicted molar refractivity (Wildman–Crippen MR) is 101 cm³/mol. The first-order chi connectivity index (χ1) is 12.1. The smallest absolute Gasteiger partial charge is 0.241 e. The summed E-state index contributed by atoms with van der Waals surface area (Å²) in [5.41, 5.74) is 2.39. The van der Waals surface area contributed by atoms with E-state index in [-0.39, 0.29) is 11.9 Å². The molecular formula is C20H31N3O2. The largest absolute Gasteiger partial charge is 0.383 e. The molecule has 1 saturated heterocycles. The molecule has 1 aromatic carbocycles. The van der Waals surface area contributed by atoms with Crippen LogP contribution >= 0.6 is 0 Å². The molecule has 0 saturated carbocycles. The van der Waals surface area contributed by atoms with E-state index in [4.69, 9.17) is 4.74 Å². The Hall–Kier alpha value is -1.43. The minimum atomic E-state index is 0.234. The topological polar surface area (TPSA) is 36.0 Å². The van der Waals surface area contributed by atoms with Crippen molar-refractivity contribution >= 4 is 11.6 Å². The van der Waals surface area contributed by atoms with Crippen molar-refractivity contribution in [1.29, 1.82) is 0 Å². The highest BCUT2D eigenvalue weighted by molar-refractivity contribution is 5.97. The van der Waals surface area contributed by atoms with Gasteiger partial charge < -0.3 is 9.64 Å². The van der Waals surface area contributed by atoms with Gasteiger partial charge in [-0.25, -0.2) is 0 Å². The minimum absolute atomic E-state index is 0.234. The van der Waals surface area contributed by atoms with E-state index in [2.05, 4.69) is 41.8 Å². The number of methoxy groups -OCH3 is 1. The Kier molecular flexibility index (Phi) is 6.10. The van der Waals surface area contributed by atoms with Crippen LogP contribution in [0.15, 0.2) is 24.3 Å². The Morgan fingerprint density at radius 1 is 1.28 bits per heavy atom. The highest BCUT2D eigenvalue weighted by Gasteiger charge is 2.33. The van der Waals surface area contributed by atoms with Crippen LogP contribution in [0.3, 0.4) is 0 Å². The molecule has 5 nitrogen and oxygen atoms in total. The summed E-state index contributed by atoms with van der Waals surface area (Å²) in [6.07, 6.45) is 2.07. The van der Waals surface area contributed by atoms with Gasteiger partial charge in [0.2, 0.25) is 5.91 Å². The molecule has 2 heterocycles. The molecule has 2 atom stereocenters. The van der Waals surface area contributed by atoms with Gasteiger partial charge >= 0.3 is 0 Å². The first-order valence-electron chi connectivity index (χ1n) is 9.49. The number of benzene rings is 1. The molecule has 2 aliphatic heterocycles. The van der Waals surface area contributed by atoms with E-state index < -0.39 is 0 Å². The van der Waals surface area contributed by atoms with Crippen molar-refractivity contribution in [3.63, 3.8) is 0 Å². The number of hydrogen-bond donors (Lipinski definition) is 0. The van der Waals surface area contributed by atoms with Crippen molar-refractivity contribution in [2.45, 2.75) is 38.8 Å². The van der Waals surface area contributed by atoms with Crippen LogP contribution in [0.4, 0.5) is 5.69 Å². The third kappa shape index (κ3) is 4.05. The summed E-state index contributed by atoms with van der Waals surface area (Å²) in [7, 11) is 1.75. The molecule has 1 fully saturated rings. The van der Waals surface area contributed by atoms with Crippen LogP contribution < -0.4 is 4.90 Å². The lowest BCUT2D eigenvalue weighted by molar-refractivity contribution is -0.120. The van der Waals surface area contributed by atoms with E-state index in [1.54, 1.807) is 7.11 Å². The Morgan fingerprint density at radius 2 is 2.08 bits per heavy atom. The number of hydrogen-bond acceptors (Lipinski definition) is 4. The van der Waals surface area contributed by atoms with E-state index in [1.807, 2.05) is 11.0 Å². The number of piperazine rings is 1. The highest BCUT2D eigenvalue weighted by atomic mass is 16.5. The lowest BCUT2D eigenvalue weighted by Crippen LogP contribution is -2.56. The summed E-state index contributed by atoms with van der Waals surface area (Å²) >= 11 is 0. The first kappa shape index (κ1) is 18.4. The average molecular weight is 345 g/mol. The molecule has 2 aliphatic rings. The molecule has 5 heteroatoms. The van der Waals surface area contributed by atoms with Crippen LogP contribution in [0.2, 0.25) is 0 Å². The van der Waals surface area contributed by atoms with Crippen molar-refractivity contribution in [1.82, 2.24) is 9.80 Å². The number of carbonyl (C=O) groups is 1.